The number of aromatic amines is 1. The number of nitrogens with one attached hydrogen (secondary N) is 1. The number of alkyl halides is 3. The van der Waals surface area contributed by atoms with Crippen molar-refractivity contribution in [3.63, 3.8) is 0 Å². The molecule has 1 saturated heterocycles. The molecule has 0 radical (unpaired) electrons. The average molecular weight is 446 g/mol. The molecule has 1 aliphatic heterocycles. The van der Waals surface area contributed by atoms with Crippen molar-refractivity contribution in [1.29, 1.82) is 0 Å². The van der Waals surface area contributed by atoms with Gasteiger partial charge in [-0.15, -0.1) is 0 Å². The van der Waals surface area contributed by atoms with E-state index >= 15 is 0 Å². The smallest absolute Gasteiger partial charge is 0.376 e. The van der Waals surface area contributed by atoms with Crippen molar-refractivity contribution in [3.8, 4) is 5.75 Å². The Bertz CT molecular complexity index is 1050. The third-order valence-corrected chi connectivity index (χ3v) is 5.73. The summed E-state index contributed by atoms with van der Waals surface area (Å²) in [7, 11) is -5.78. The minimum Gasteiger partial charge on any atom is -0.376 e. The van der Waals surface area contributed by atoms with Crippen molar-refractivity contribution in [2.75, 3.05) is 13.1 Å². The maximum absolute atomic E-state index is 12.7. The molecule has 3 rings (SSSR count). The van der Waals surface area contributed by atoms with Gasteiger partial charge in [0.25, 0.3) is 5.91 Å². The predicted octanol–water partition coefficient (Wildman–Crippen LogP) is 3.09. The minimum absolute atomic E-state index is 0.164. The second kappa shape index (κ2) is 7.89. The monoisotopic (exact) mass is 446 g/mol. The number of carbonyl (C=O) groups is 1. The van der Waals surface area contributed by atoms with Crippen LogP contribution in [-0.2, 0) is 10.1 Å². The van der Waals surface area contributed by atoms with Gasteiger partial charge in [-0.25, -0.2) is 0 Å². The van der Waals surface area contributed by atoms with E-state index < -0.39 is 21.4 Å². The van der Waals surface area contributed by atoms with Gasteiger partial charge in [-0.2, -0.15) is 26.7 Å². The molecule has 0 saturated carbocycles. The molecular weight excluding hydrogens is 425 g/mol. The van der Waals surface area contributed by atoms with Crippen LogP contribution in [-0.4, -0.2) is 53.0 Å². The lowest BCUT2D eigenvalue weighted by molar-refractivity contribution is -0.0500. The Labute approximate surface area is 171 Å². The van der Waals surface area contributed by atoms with E-state index in [0.29, 0.717) is 30.0 Å². The topological polar surface area (TPSA) is 105 Å². The number of likely N-dealkylation sites (tertiary alicyclic amines) is 1. The molecule has 3 heterocycles. The molecule has 1 N–H and O–H groups in total. The summed E-state index contributed by atoms with van der Waals surface area (Å²) in [5.74, 6) is -0.801. The van der Waals surface area contributed by atoms with Gasteiger partial charge in [0.15, 0.2) is 0 Å². The zero-order chi connectivity index (χ0) is 22.3. The average Bonchev–Trinajstić information content (AvgIpc) is 3.29. The van der Waals surface area contributed by atoms with Crippen LogP contribution in [0.25, 0.3) is 0 Å². The molecule has 2 aromatic rings. The number of rotatable bonds is 5. The Hall–Kier alpha value is -2.63. The van der Waals surface area contributed by atoms with Gasteiger partial charge in [0.1, 0.15) is 11.4 Å². The quantitative estimate of drug-likeness (QED) is 0.559. The molecule has 0 spiro atoms. The van der Waals surface area contributed by atoms with Crippen LogP contribution < -0.4 is 4.18 Å². The Kier molecular flexibility index (Phi) is 5.81. The molecule has 30 heavy (non-hydrogen) atoms. The van der Waals surface area contributed by atoms with E-state index in [9.17, 15) is 26.4 Å². The third kappa shape index (κ3) is 4.58. The summed E-state index contributed by atoms with van der Waals surface area (Å²) in [4.78, 5) is 18.6. The summed E-state index contributed by atoms with van der Waals surface area (Å²) in [6.07, 6.45) is 0.527. The van der Waals surface area contributed by atoms with Crippen molar-refractivity contribution < 1.29 is 30.6 Å². The number of H-pyrrole nitrogens is 1. The second-order valence-corrected chi connectivity index (χ2v) is 8.99. The molecule has 0 aromatic carbocycles. The molecule has 12 heteroatoms. The number of pyridine rings is 1. The van der Waals surface area contributed by atoms with Crippen molar-refractivity contribution in [2.45, 2.75) is 44.5 Å². The van der Waals surface area contributed by atoms with E-state index in [-0.39, 0.29) is 24.3 Å². The summed E-state index contributed by atoms with van der Waals surface area (Å²) >= 11 is 0. The zero-order valence-electron chi connectivity index (χ0n) is 16.5. The number of nitrogens with zero attached hydrogens (tertiary/aromatic N) is 3. The molecule has 1 amide bonds. The standard InChI is InChI=1S/C18H21F3N4O4S/c1-10(2)14-8-16(24-23-14)17(26)25-5-4-12(9-25)15-7-13(6-11(3)22-15)29-30(27,28)18(19,20)21/h6-8,10,12H,4-5,9H2,1-3H3,(H,23,24). The van der Waals surface area contributed by atoms with Gasteiger partial charge in [0.2, 0.25) is 0 Å². The first-order chi connectivity index (χ1) is 13.9. The minimum atomic E-state index is -5.78. The fourth-order valence-electron chi connectivity index (χ4n) is 3.19. The molecule has 0 bridgehead atoms. The van der Waals surface area contributed by atoms with Crippen LogP contribution in [0.2, 0.25) is 0 Å². The van der Waals surface area contributed by atoms with Crippen LogP contribution in [0, 0.1) is 6.92 Å². The number of hydrogen-bond donors (Lipinski definition) is 1. The van der Waals surface area contributed by atoms with Crippen LogP contribution in [0.15, 0.2) is 18.2 Å². The molecule has 8 nitrogen and oxygen atoms in total. The van der Waals surface area contributed by atoms with Gasteiger partial charge >= 0.3 is 15.6 Å². The maximum atomic E-state index is 12.7. The van der Waals surface area contributed by atoms with E-state index in [1.54, 1.807) is 11.0 Å². The molecule has 164 valence electrons. The van der Waals surface area contributed by atoms with Crippen LogP contribution >= 0.6 is 0 Å². The Morgan fingerprint density at radius 3 is 2.60 bits per heavy atom. The normalized spacial score (nSPS) is 17.6. The fourth-order valence-corrected chi connectivity index (χ4v) is 3.64. The van der Waals surface area contributed by atoms with Crippen LogP contribution in [0.5, 0.6) is 5.75 Å². The molecule has 1 atom stereocenters. The van der Waals surface area contributed by atoms with Crippen LogP contribution in [0.3, 0.4) is 0 Å². The summed E-state index contributed by atoms with van der Waals surface area (Å²) in [6, 6.07) is 3.98. The first kappa shape index (κ1) is 22.1. The molecule has 0 aliphatic carbocycles. The van der Waals surface area contributed by atoms with E-state index in [4.69, 9.17) is 0 Å². The molecule has 1 aliphatic rings. The van der Waals surface area contributed by atoms with Gasteiger partial charge in [0.05, 0.1) is 5.69 Å². The first-order valence-corrected chi connectivity index (χ1v) is 10.6. The molecular formula is C18H21F3N4O4S. The fraction of sp³-hybridized carbons (Fsp3) is 0.500. The number of halogens is 3. The number of aromatic nitrogens is 3. The van der Waals surface area contributed by atoms with Gasteiger partial charge < -0.3 is 9.08 Å². The highest BCUT2D eigenvalue weighted by Crippen LogP contribution is 2.32. The first-order valence-electron chi connectivity index (χ1n) is 9.21. The van der Waals surface area contributed by atoms with Gasteiger partial charge in [-0.1, -0.05) is 13.8 Å². The highest BCUT2D eigenvalue weighted by atomic mass is 32.2. The summed E-state index contributed by atoms with van der Waals surface area (Å²) in [6.45, 7) is 6.15. The van der Waals surface area contributed by atoms with Crippen molar-refractivity contribution >= 4 is 16.0 Å². The van der Waals surface area contributed by atoms with Crippen molar-refractivity contribution in [2.24, 2.45) is 0 Å². The summed E-state index contributed by atoms with van der Waals surface area (Å²) in [5.41, 5.74) is -3.73. The Balaban J connectivity index is 1.76. The largest absolute Gasteiger partial charge is 0.534 e. The van der Waals surface area contributed by atoms with E-state index in [0.717, 1.165) is 11.8 Å². The van der Waals surface area contributed by atoms with Crippen LogP contribution in [0.4, 0.5) is 13.2 Å². The number of hydrogen-bond acceptors (Lipinski definition) is 6. The highest BCUT2D eigenvalue weighted by molar-refractivity contribution is 7.88. The molecule has 2 aromatic heterocycles. The van der Waals surface area contributed by atoms with Gasteiger partial charge in [0, 0.05) is 42.5 Å². The van der Waals surface area contributed by atoms with E-state index in [1.165, 1.54) is 13.0 Å². The number of amides is 1. The molecule has 1 fully saturated rings. The van der Waals surface area contributed by atoms with Gasteiger partial charge in [-0.05, 0) is 25.3 Å². The number of aryl methyl sites for hydroxylation is 1. The number of carbonyl (C=O) groups excluding carboxylic acids is 1. The zero-order valence-corrected chi connectivity index (χ0v) is 17.3. The highest BCUT2D eigenvalue weighted by Gasteiger charge is 2.48. The van der Waals surface area contributed by atoms with Crippen LogP contribution in [0.1, 0.15) is 59.7 Å². The van der Waals surface area contributed by atoms with Crippen molar-refractivity contribution in [1.82, 2.24) is 20.1 Å². The Morgan fingerprint density at radius 1 is 1.30 bits per heavy atom. The maximum Gasteiger partial charge on any atom is 0.534 e. The lowest BCUT2D eigenvalue weighted by Gasteiger charge is -2.16. The third-order valence-electron chi connectivity index (χ3n) is 4.75. The van der Waals surface area contributed by atoms with E-state index in [2.05, 4.69) is 19.4 Å². The predicted molar refractivity (Wildman–Crippen MR) is 101 cm³/mol. The Morgan fingerprint density at radius 2 is 2.00 bits per heavy atom. The SMILES string of the molecule is Cc1cc(OS(=O)(=O)C(F)(F)F)cc(C2CCN(C(=O)c3cc(C(C)C)n[nH]3)C2)n1. The summed E-state index contributed by atoms with van der Waals surface area (Å²) < 4.78 is 64.6. The summed E-state index contributed by atoms with van der Waals surface area (Å²) in [5, 5.41) is 6.84. The lowest BCUT2D eigenvalue weighted by atomic mass is 10.0. The van der Waals surface area contributed by atoms with E-state index in [1.807, 2.05) is 13.8 Å². The molecule has 1 unspecified atom stereocenters. The second-order valence-electron chi connectivity index (χ2n) is 7.45. The van der Waals surface area contributed by atoms with Crippen molar-refractivity contribution in [3.05, 3.63) is 41.0 Å². The van der Waals surface area contributed by atoms with Gasteiger partial charge in [-0.3, -0.25) is 14.9 Å². The lowest BCUT2D eigenvalue weighted by Crippen LogP contribution is -2.29.